The molecule has 0 bridgehead atoms. The second-order valence-corrected chi connectivity index (χ2v) is 4.12. The fraction of sp³-hybridized carbons (Fsp3) is 0.0909. The van der Waals surface area contributed by atoms with Crippen molar-refractivity contribution in [1.82, 2.24) is 9.97 Å². The fourth-order valence-corrected chi connectivity index (χ4v) is 1.46. The van der Waals surface area contributed by atoms with Crippen LogP contribution in [0.25, 0.3) is 0 Å². The highest BCUT2D eigenvalue weighted by Gasteiger charge is 1.98. The third-order valence-electron chi connectivity index (χ3n) is 1.99. The summed E-state index contributed by atoms with van der Waals surface area (Å²) in [5, 5.41) is 12.1. The molecule has 82 valence electrons. The molecule has 2 N–H and O–H groups in total. The molecule has 1 aromatic heterocycles. The van der Waals surface area contributed by atoms with E-state index < -0.39 is 0 Å². The molecule has 0 atom stereocenters. The van der Waals surface area contributed by atoms with E-state index in [1.807, 2.05) is 24.3 Å². The summed E-state index contributed by atoms with van der Waals surface area (Å²) in [7, 11) is 0. The number of anilines is 2. The predicted octanol–water partition coefficient (Wildman–Crippen LogP) is 2.48. The van der Waals surface area contributed by atoms with Gasteiger partial charge in [-0.1, -0.05) is 12.1 Å². The van der Waals surface area contributed by atoms with E-state index >= 15 is 0 Å². The molecular formula is C11H10BrN3O. The van der Waals surface area contributed by atoms with Gasteiger partial charge in [0.2, 0.25) is 5.95 Å². The Morgan fingerprint density at radius 1 is 1.25 bits per heavy atom. The second kappa shape index (κ2) is 5.05. The number of aliphatic hydroxyl groups excluding tert-OH is 1. The maximum absolute atomic E-state index is 9.00. The molecule has 0 spiro atoms. The van der Waals surface area contributed by atoms with Gasteiger partial charge < -0.3 is 10.4 Å². The molecule has 0 unspecified atom stereocenters. The maximum atomic E-state index is 9.00. The molecular weight excluding hydrogens is 270 g/mol. The molecule has 0 aliphatic carbocycles. The Hall–Kier alpha value is -1.46. The van der Waals surface area contributed by atoms with Crippen LogP contribution in [0.5, 0.6) is 0 Å². The van der Waals surface area contributed by atoms with Crippen LogP contribution in [0.3, 0.4) is 0 Å². The van der Waals surface area contributed by atoms with Crippen molar-refractivity contribution in [3.8, 4) is 0 Å². The van der Waals surface area contributed by atoms with Crippen molar-refractivity contribution in [3.05, 3.63) is 46.7 Å². The molecule has 0 radical (unpaired) electrons. The van der Waals surface area contributed by atoms with Crippen LogP contribution < -0.4 is 5.32 Å². The third-order valence-corrected chi connectivity index (χ3v) is 2.40. The summed E-state index contributed by atoms with van der Waals surface area (Å²) in [5.74, 6) is 0.526. The van der Waals surface area contributed by atoms with Gasteiger partial charge in [0.05, 0.1) is 11.1 Å². The molecule has 16 heavy (non-hydrogen) atoms. The lowest BCUT2D eigenvalue weighted by atomic mass is 10.2. The minimum atomic E-state index is 0.0245. The van der Waals surface area contributed by atoms with Gasteiger partial charge in [-0.2, -0.15) is 0 Å². The molecule has 2 rings (SSSR count). The van der Waals surface area contributed by atoms with Gasteiger partial charge in [0.25, 0.3) is 0 Å². The molecule has 0 aliphatic rings. The predicted molar refractivity (Wildman–Crippen MR) is 65.4 cm³/mol. The monoisotopic (exact) mass is 279 g/mol. The Kier molecular flexibility index (Phi) is 3.48. The lowest BCUT2D eigenvalue weighted by Gasteiger charge is -2.05. The molecule has 2 aromatic rings. The molecule has 4 nitrogen and oxygen atoms in total. The lowest BCUT2D eigenvalue weighted by Crippen LogP contribution is -1.96. The first-order valence-corrected chi connectivity index (χ1v) is 5.51. The first-order valence-electron chi connectivity index (χ1n) is 4.72. The summed E-state index contributed by atoms with van der Waals surface area (Å²) in [6.45, 7) is 0.0245. The van der Waals surface area contributed by atoms with Crippen molar-refractivity contribution in [1.29, 1.82) is 0 Å². The van der Waals surface area contributed by atoms with Gasteiger partial charge in [-0.05, 0) is 33.6 Å². The van der Waals surface area contributed by atoms with E-state index in [4.69, 9.17) is 5.11 Å². The maximum Gasteiger partial charge on any atom is 0.227 e. The van der Waals surface area contributed by atoms with Crippen molar-refractivity contribution in [2.24, 2.45) is 0 Å². The van der Waals surface area contributed by atoms with Crippen LogP contribution in [0.4, 0.5) is 11.6 Å². The number of hydrogen-bond acceptors (Lipinski definition) is 4. The van der Waals surface area contributed by atoms with Gasteiger partial charge in [0, 0.05) is 18.1 Å². The molecule has 0 saturated heterocycles. The second-order valence-electron chi connectivity index (χ2n) is 3.21. The van der Waals surface area contributed by atoms with Gasteiger partial charge >= 0.3 is 0 Å². The van der Waals surface area contributed by atoms with Crippen molar-refractivity contribution < 1.29 is 5.11 Å². The third kappa shape index (κ3) is 2.77. The molecule has 0 aliphatic heterocycles. The minimum Gasteiger partial charge on any atom is -0.392 e. The van der Waals surface area contributed by atoms with Crippen molar-refractivity contribution in [2.45, 2.75) is 6.61 Å². The average molecular weight is 280 g/mol. The van der Waals surface area contributed by atoms with Crippen LogP contribution in [0.2, 0.25) is 0 Å². The fourth-order valence-electron chi connectivity index (χ4n) is 1.25. The van der Waals surface area contributed by atoms with E-state index in [0.717, 1.165) is 15.7 Å². The number of halogens is 1. The summed E-state index contributed by atoms with van der Waals surface area (Å²) in [6, 6.07) is 7.47. The Balaban J connectivity index is 2.16. The number of nitrogens with zero attached hydrogens (tertiary/aromatic N) is 2. The van der Waals surface area contributed by atoms with Crippen molar-refractivity contribution >= 4 is 27.6 Å². The van der Waals surface area contributed by atoms with Gasteiger partial charge in [0.1, 0.15) is 0 Å². The Labute approximate surface area is 102 Å². The average Bonchev–Trinajstić information content (AvgIpc) is 2.32. The van der Waals surface area contributed by atoms with E-state index in [9.17, 15) is 0 Å². The van der Waals surface area contributed by atoms with Crippen molar-refractivity contribution in [2.75, 3.05) is 5.32 Å². The van der Waals surface area contributed by atoms with Crippen molar-refractivity contribution in [3.63, 3.8) is 0 Å². The molecule has 1 aromatic carbocycles. The highest BCUT2D eigenvalue weighted by Crippen LogP contribution is 2.15. The summed E-state index contributed by atoms with van der Waals surface area (Å²) < 4.78 is 0.835. The van der Waals surface area contributed by atoms with Crippen LogP contribution in [-0.2, 0) is 6.61 Å². The van der Waals surface area contributed by atoms with E-state index in [0.29, 0.717) is 5.95 Å². The van der Waals surface area contributed by atoms with Crippen LogP contribution in [0.1, 0.15) is 5.56 Å². The van der Waals surface area contributed by atoms with Gasteiger partial charge in [-0.15, -0.1) is 0 Å². The highest BCUT2D eigenvalue weighted by molar-refractivity contribution is 9.10. The smallest absolute Gasteiger partial charge is 0.227 e. The van der Waals surface area contributed by atoms with E-state index in [-0.39, 0.29) is 6.61 Å². The molecule has 0 fully saturated rings. The van der Waals surface area contributed by atoms with Gasteiger partial charge in [0.15, 0.2) is 0 Å². The van der Waals surface area contributed by atoms with E-state index in [2.05, 4.69) is 31.2 Å². The van der Waals surface area contributed by atoms with E-state index in [1.165, 1.54) is 0 Å². The Morgan fingerprint density at radius 2 is 2.00 bits per heavy atom. The zero-order chi connectivity index (χ0) is 11.4. The molecule has 5 heteroatoms. The van der Waals surface area contributed by atoms with Crippen LogP contribution in [-0.4, -0.2) is 15.1 Å². The molecule has 0 saturated carbocycles. The minimum absolute atomic E-state index is 0.0245. The topological polar surface area (TPSA) is 58.0 Å². The Bertz CT molecular complexity index is 473. The van der Waals surface area contributed by atoms with Crippen LogP contribution in [0, 0.1) is 0 Å². The quantitative estimate of drug-likeness (QED) is 0.906. The summed E-state index contributed by atoms with van der Waals surface area (Å²) >= 11 is 3.27. The van der Waals surface area contributed by atoms with Gasteiger partial charge in [-0.25, -0.2) is 9.97 Å². The number of nitrogens with one attached hydrogen (secondary N) is 1. The number of rotatable bonds is 3. The van der Waals surface area contributed by atoms with Gasteiger partial charge in [-0.3, -0.25) is 0 Å². The normalized spacial score (nSPS) is 10.1. The van der Waals surface area contributed by atoms with E-state index in [1.54, 1.807) is 12.4 Å². The largest absolute Gasteiger partial charge is 0.392 e. The molecule has 0 amide bonds. The standard InChI is InChI=1S/C11H10BrN3O/c12-9-5-13-11(14-6-9)15-10-3-1-2-8(4-10)7-16/h1-6,16H,7H2,(H,13,14,15). The SMILES string of the molecule is OCc1cccc(Nc2ncc(Br)cn2)c1. The number of aromatic nitrogens is 2. The number of hydrogen-bond donors (Lipinski definition) is 2. The zero-order valence-corrected chi connectivity index (χ0v) is 9.98. The first kappa shape index (κ1) is 11.0. The van der Waals surface area contributed by atoms with Crippen LogP contribution >= 0.6 is 15.9 Å². The Morgan fingerprint density at radius 3 is 2.69 bits per heavy atom. The molecule has 1 heterocycles. The summed E-state index contributed by atoms with van der Waals surface area (Å²) in [5.41, 5.74) is 1.70. The summed E-state index contributed by atoms with van der Waals surface area (Å²) in [4.78, 5) is 8.19. The number of aliphatic hydroxyl groups is 1. The number of benzene rings is 1. The lowest BCUT2D eigenvalue weighted by molar-refractivity contribution is 0.282. The highest BCUT2D eigenvalue weighted by atomic mass is 79.9. The van der Waals surface area contributed by atoms with Crippen LogP contribution in [0.15, 0.2) is 41.1 Å². The first-order chi connectivity index (χ1) is 7.78. The summed E-state index contributed by atoms with van der Waals surface area (Å²) in [6.07, 6.45) is 3.34. The zero-order valence-electron chi connectivity index (χ0n) is 8.39.